The van der Waals surface area contributed by atoms with Crippen LogP contribution in [-0.4, -0.2) is 23.5 Å². The summed E-state index contributed by atoms with van der Waals surface area (Å²) >= 11 is 5.86. The molecule has 3 aromatic carbocycles. The fourth-order valence-electron chi connectivity index (χ4n) is 2.69. The van der Waals surface area contributed by atoms with Crippen molar-refractivity contribution >= 4 is 29.1 Å². The van der Waals surface area contributed by atoms with E-state index >= 15 is 0 Å². The first-order valence-corrected chi connectivity index (χ1v) is 9.13. The monoisotopic (exact) mass is 394 g/mol. The second-order valence-electron chi connectivity index (χ2n) is 6.16. The van der Waals surface area contributed by atoms with Gasteiger partial charge in [-0.2, -0.15) is 0 Å². The summed E-state index contributed by atoms with van der Waals surface area (Å²) in [6.07, 6.45) is 0.715. The molecule has 0 saturated heterocycles. The molecule has 0 heterocycles. The van der Waals surface area contributed by atoms with Gasteiger partial charge in [0.15, 0.2) is 0 Å². The lowest BCUT2D eigenvalue weighted by Gasteiger charge is -2.12. The quantitative estimate of drug-likeness (QED) is 0.584. The highest BCUT2D eigenvalue weighted by Crippen LogP contribution is 2.24. The predicted molar refractivity (Wildman–Crippen MR) is 110 cm³/mol. The molecule has 2 amide bonds. The van der Waals surface area contributed by atoms with E-state index in [4.69, 9.17) is 11.6 Å². The summed E-state index contributed by atoms with van der Waals surface area (Å²) in [5, 5.41) is 15.2. The molecular weight excluding hydrogens is 376 g/mol. The number of rotatable bonds is 6. The zero-order chi connectivity index (χ0) is 19.9. The van der Waals surface area contributed by atoms with Crippen LogP contribution in [0.5, 0.6) is 5.75 Å². The van der Waals surface area contributed by atoms with Crippen molar-refractivity contribution in [2.24, 2.45) is 0 Å². The smallest absolute Gasteiger partial charge is 0.255 e. The third-order valence-corrected chi connectivity index (χ3v) is 4.47. The predicted octanol–water partition coefficient (Wildman–Crippen LogP) is 4.27. The number of phenolic OH excluding ortho intramolecular Hbond substituents is 1. The van der Waals surface area contributed by atoms with E-state index in [1.54, 1.807) is 24.3 Å². The molecule has 0 aliphatic rings. The number of para-hydroxylation sites is 1. The molecule has 0 bridgehead atoms. The van der Waals surface area contributed by atoms with Crippen molar-refractivity contribution < 1.29 is 14.7 Å². The van der Waals surface area contributed by atoms with Crippen molar-refractivity contribution in [3.8, 4) is 5.75 Å². The molecule has 0 atom stereocenters. The lowest BCUT2D eigenvalue weighted by atomic mass is 10.1. The Morgan fingerprint density at radius 1 is 0.893 bits per heavy atom. The van der Waals surface area contributed by atoms with Crippen LogP contribution >= 0.6 is 11.6 Å². The summed E-state index contributed by atoms with van der Waals surface area (Å²) in [6, 6.07) is 20.8. The summed E-state index contributed by atoms with van der Waals surface area (Å²) in [7, 11) is 0. The van der Waals surface area contributed by atoms with E-state index in [1.165, 1.54) is 18.2 Å². The number of benzene rings is 3. The summed E-state index contributed by atoms with van der Waals surface area (Å²) in [5.41, 5.74) is 2.18. The number of phenols is 1. The zero-order valence-electron chi connectivity index (χ0n) is 15.0. The minimum absolute atomic E-state index is 0.0830. The van der Waals surface area contributed by atoms with Crippen LogP contribution in [0.25, 0.3) is 0 Å². The van der Waals surface area contributed by atoms with Gasteiger partial charge in [0, 0.05) is 12.1 Å². The molecule has 0 spiro atoms. The van der Waals surface area contributed by atoms with Gasteiger partial charge in [-0.25, -0.2) is 0 Å². The van der Waals surface area contributed by atoms with Gasteiger partial charge in [0.1, 0.15) is 5.75 Å². The summed E-state index contributed by atoms with van der Waals surface area (Å²) < 4.78 is 0. The van der Waals surface area contributed by atoms with Crippen LogP contribution in [0, 0.1) is 0 Å². The largest absolute Gasteiger partial charge is 0.506 e. The Balaban J connectivity index is 1.67. The summed E-state index contributed by atoms with van der Waals surface area (Å²) in [5.74, 6) is -0.793. The van der Waals surface area contributed by atoms with E-state index in [0.717, 1.165) is 5.56 Å². The Kier molecular flexibility index (Phi) is 6.29. The second kappa shape index (κ2) is 9.06. The molecule has 28 heavy (non-hydrogen) atoms. The number of carbonyl (C=O) groups excluding carboxylic acids is 2. The number of carbonyl (C=O) groups is 2. The van der Waals surface area contributed by atoms with Gasteiger partial charge in [-0.3, -0.25) is 9.59 Å². The number of halogens is 1. The Bertz CT molecular complexity index is 990. The topological polar surface area (TPSA) is 78.4 Å². The van der Waals surface area contributed by atoms with E-state index in [1.807, 2.05) is 30.3 Å². The summed E-state index contributed by atoms with van der Waals surface area (Å²) in [4.78, 5) is 25.0. The molecule has 6 heteroatoms. The average Bonchev–Trinajstić information content (AvgIpc) is 2.71. The fraction of sp³-hybridized carbons (Fsp3) is 0.0909. The molecule has 0 unspecified atom stereocenters. The van der Waals surface area contributed by atoms with Gasteiger partial charge < -0.3 is 15.7 Å². The standard InChI is InChI=1S/C22H19ClN2O3/c23-18-14-16(10-11-20(18)26)21(27)25-19-9-5-4-8-17(19)22(28)24-13-12-15-6-2-1-3-7-15/h1-11,14,26H,12-13H2,(H,24,28)(H,25,27). The molecule has 0 fully saturated rings. The van der Waals surface area contributed by atoms with Crippen molar-refractivity contribution in [2.75, 3.05) is 11.9 Å². The first kappa shape index (κ1) is 19.5. The van der Waals surface area contributed by atoms with Crippen LogP contribution < -0.4 is 10.6 Å². The average molecular weight is 395 g/mol. The van der Waals surface area contributed by atoms with Crippen LogP contribution in [0.3, 0.4) is 0 Å². The molecule has 3 rings (SSSR count). The second-order valence-corrected chi connectivity index (χ2v) is 6.56. The zero-order valence-corrected chi connectivity index (χ0v) is 15.7. The fourth-order valence-corrected chi connectivity index (χ4v) is 2.87. The van der Waals surface area contributed by atoms with Crippen molar-refractivity contribution in [3.63, 3.8) is 0 Å². The number of anilines is 1. The third kappa shape index (κ3) is 4.90. The third-order valence-electron chi connectivity index (χ3n) is 4.17. The molecule has 0 aromatic heterocycles. The molecule has 142 valence electrons. The SMILES string of the molecule is O=C(Nc1ccccc1C(=O)NCCc1ccccc1)c1ccc(O)c(Cl)c1. The Morgan fingerprint density at radius 2 is 1.61 bits per heavy atom. The van der Waals surface area contributed by atoms with Crippen LogP contribution in [0.4, 0.5) is 5.69 Å². The molecule has 3 N–H and O–H groups in total. The number of amides is 2. The molecule has 0 aliphatic heterocycles. The van der Waals surface area contributed by atoms with Crippen LogP contribution in [0.1, 0.15) is 26.3 Å². The Labute approximate surface area is 168 Å². The van der Waals surface area contributed by atoms with Crippen LogP contribution in [0.15, 0.2) is 72.8 Å². The van der Waals surface area contributed by atoms with Crippen LogP contribution in [0.2, 0.25) is 5.02 Å². The molecule has 3 aromatic rings. The summed E-state index contributed by atoms with van der Waals surface area (Å²) in [6.45, 7) is 0.485. The maximum atomic E-state index is 12.6. The van der Waals surface area contributed by atoms with Gasteiger partial charge in [-0.15, -0.1) is 0 Å². The van der Waals surface area contributed by atoms with E-state index in [-0.39, 0.29) is 22.2 Å². The van der Waals surface area contributed by atoms with Gasteiger partial charge in [0.2, 0.25) is 0 Å². The Morgan fingerprint density at radius 3 is 2.36 bits per heavy atom. The minimum Gasteiger partial charge on any atom is -0.506 e. The number of aromatic hydroxyl groups is 1. The van der Waals surface area contributed by atoms with Gasteiger partial charge in [-0.05, 0) is 42.3 Å². The lowest BCUT2D eigenvalue weighted by molar-refractivity contribution is 0.0955. The first-order chi connectivity index (χ1) is 13.5. The Hall–Kier alpha value is -3.31. The normalized spacial score (nSPS) is 10.3. The van der Waals surface area contributed by atoms with Gasteiger partial charge in [-0.1, -0.05) is 54.1 Å². The van der Waals surface area contributed by atoms with Gasteiger partial charge in [0.25, 0.3) is 11.8 Å². The van der Waals surface area contributed by atoms with Crippen molar-refractivity contribution in [2.45, 2.75) is 6.42 Å². The lowest BCUT2D eigenvalue weighted by Crippen LogP contribution is -2.27. The first-order valence-electron chi connectivity index (χ1n) is 8.75. The van der Waals surface area contributed by atoms with E-state index in [2.05, 4.69) is 10.6 Å². The maximum Gasteiger partial charge on any atom is 0.255 e. The van der Waals surface area contributed by atoms with Crippen molar-refractivity contribution in [1.29, 1.82) is 0 Å². The van der Waals surface area contributed by atoms with Crippen molar-refractivity contribution in [3.05, 3.63) is 94.5 Å². The van der Waals surface area contributed by atoms with Gasteiger partial charge >= 0.3 is 0 Å². The van der Waals surface area contributed by atoms with E-state index in [9.17, 15) is 14.7 Å². The highest BCUT2D eigenvalue weighted by atomic mass is 35.5. The number of hydrogen-bond donors (Lipinski definition) is 3. The molecular formula is C22H19ClN2O3. The highest BCUT2D eigenvalue weighted by molar-refractivity contribution is 6.32. The maximum absolute atomic E-state index is 12.6. The van der Waals surface area contributed by atoms with E-state index < -0.39 is 5.91 Å². The molecule has 0 saturated carbocycles. The minimum atomic E-state index is -0.425. The molecule has 5 nitrogen and oxygen atoms in total. The van der Waals surface area contributed by atoms with Crippen molar-refractivity contribution in [1.82, 2.24) is 5.32 Å². The molecule has 0 radical (unpaired) electrons. The number of nitrogens with one attached hydrogen (secondary N) is 2. The number of hydrogen-bond acceptors (Lipinski definition) is 3. The highest BCUT2D eigenvalue weighted by Gasteiger charge is 2.14. The van der Waals surface area contributed by atoms with E-state index in [0.29, 0.717) is 24.2 Å². The van der Waals surface area contributed by atoms with Gasteiger partial charge in [0.05, 0.1) is 16.3 Å². The molecule has 0 aliphatic carbocycles. The van der Waals surface area contributed by atoms with Crippen LogP contribution in [-0.2, 0) is 6.42 Å².